The van der Waals surface area contributed by atoms with E-state index < -0.39 is 5.41 Å². The molecule has 1 spiro atoms. The summed E-state index contributed by atoms with van der Waals surface area (Å²) in [5.41, 5.74) is 19.0. The van der Waals surface area contributed by atoms with Crippen LogP contribution in [-0.2, 0) is 5.41 Å². The first-order valence-corrected chi connectivity index (χ1v) is 19.9. The van der Waals surface area contributed by atoms with Gasteiger partial charge in [-0.15, -0.1) is 0 Å². The molecule has 0 N–H and O–H groups in total. The normalized spacial score (nSPS) is 13.4. The van der Waals surface area contributed by atoms with Gasteiger partial charge in [-0.05, 0) is 117 Å². The molecule has 58 heavy (non-hydrogen) atoms. The van der Waals surface area contributed by atoms with Crippen molar-refractivity contribution >= 4 is 34.1 Å². The van der Waals surface area contributed by atoms with Crippen molar-refractivity contribution in [2.75, 3.05) is 9.80 Å². The van der Waals surface area contributed by atoms with Gasteiger partial charge in [-0.1, -0.05) is 152 Å². The molecule has 0 fully saturated rings. The minimum Gasteiger partial charge on any atom is -0.453 e. The lowest BCUT2D eigenvalue weighted by molar-refractivity contribution is 0.477. The molecule has 9 aromatic carbocycles. The quantitative estimate of drug-likeness (QED) is 0.175. The van der Waals surface area contributed by atoms with Crippen LogP contribution in [0.4, 0.5) is 34.1 Å². The Kier molecular flexibility index (Phi) is 7.14. The van der Waals surface area contributed by atoms with E-state index in [2.05, 4.69) is 204 Å². The van der Waals surface area contributed by atoms with E-state index in [-0.39, 0.29) is 0 Å². The first-order valence-electron chi connectivity index (χ1n) is 19.9. The van der Waals surface area contributed by atoms with Crippen molar-refractivity contribution in [3.63, 3.8) is 0 Å². The van der Waals surface area contributed by atoms with E-state index in [1.54, 1.807) is 0 Å². The molecule has 3 nitrogen and oxygen atoms in total. The highest BCUT2D eigenvalue weighted by Crippen LogP contribution is 2.64. The third-order valence-corrected chi connectivity index (χ3v) is 12.3. The van der Waals surface area contributed by atoms with E-state index in [4.69, 9.17) is 4.74 Å². The summed E-state index contributed by atoms with van der Waals surface area (Å²) in [6.45, 7) is 0. The Morgan fingerprint density at radius 1 is 0.362 bits per heavy atom. The molecule has 0 radical (unpaired) electrons. The van der Waals surface area contributed by atoms with E-state index >= 15 is 0 Å². The molecule has 3 heteroatoms. The van der Waals surface area contributed by atoms with Gasteiger partial charge in [0.25, 0.3) is 0 Å². The van der Waals surface area contributed by atoms with Crippen LogP contribution in [0.15, 0.2) is 218 Å². The van der Waals surface area contributed by atoms with Crippen LogP contribution in [0, 0.1) is 0 Å². The topological polar surface area (TPSA) is 15.7 Å². The SMILES string of the molecule is c1ccc(N(c2ccc(-c3ccc(N4c5ccccc5Oc5ccccc54)cc3)cc2)c2cccc3c2-c2ccccc2C32c3ccccc3-c3ccccc32)cc1. The van der Waals surface area contributed by atoms with Crippen LogP contribution in [0.2, 0.25) is 0 Å². The van der Waals surface area contributed by atoms with E-state index in [9.17, 15) is 0 Å². The van der Waals surface area contributed by atoms with Crippen LogP contribution in [0.1, 0.15) is 22.3 Å². The fourth-order valence-electron chi connectivity index (χ4n) is 9.90. The first-order chi connectivity index (χ1) is 28.8. The Balaban J connectivity index is 0.969. The Bertz CT molecular complexity index is 2950. The number of ether oxygens (including phenoxy) is 1. The number of fused-ring (bicyclic) bond motifs is 12. The molecule has 1 aliphatic heterocycles. The van der Waals surface area contributed by atoms with Gasteiger partial charge < -0.3 is 14.5 Å². The van der Waals surface area contributed by atoms with Crippen molar-refractivity contribution < 1.29 is 4.74 Å². The minimum atomic E-state index is -0.404. The Morgan fingerprint density at radius 2 is 0.828 bits per heavy atom. The Labute approximate surface area is 338 Å². The molecule has 3 aliphatic rings. The van der Waals surface area contributed by atoms with Gasteiger partial charge in [0.05, 0.1) is 22.5 Å². The molecule has 0 amide bonds. The molecule has 0 saturated carbocycles. The maximum absolute atomic E-state index is 6.27. The largest absolute Gasteiger partial charge is 0.453 e. The second kappa shape index (κ2) is 12.7. The maximum atomic E-state index is 6.27. The average molecular weight is 741 g/mol. The second-order valence-corrected chi connectivity index (χ2v) is 15.2. The molecule has 272 valence electrons. The molecule has 12 rings (SSSR count). The van der Waals surface area contributed by atoms with Gasteiger partial charge in [-0.3, -0.25) is 0 Å². The molecule has 9 aromatic rings. The predicted octanol–water partition coefficient (Wildman–Crippen LogP) is 14.7. The highest BCUT2D eigenvalue weighted by Gasteiger charge is 2.52. The van der Waals surface area contributed by atoms with Crippen LogP contribution in [0.3, 0.4) is 0 Å². The predicted molar refractivity (Wildman–Crippen MR) is 238 cm³/mol. The third kappa shape index (κ3) is 4.62. The summed E-state index contributed by atoms with van der Waals surface area (Å²) in [6, 6.07) is 79.1. The van der Waals surface area contributed by atoms with Gasteiger partial charge in [-0.25, -0.2) is 0 Å². The number of anilines is 6. The molecule has 0 aromatic heterocycles. The van der Waals surface area contributed by atoms with E-state index in [1.165, 1.54) is 44.5 Å². The van der Waals surface area contributed by atoms with E-state index in [1.807, 2.05) is 24.3 Å². The molecule has 2 aliphatic carbocycles. The van der Waals surface area contributed by atoms with Crippen molar-refractivity contribution in [3.8, 4) is 44.9 Å². The number of rotatable bonds is 5. The standard InChI is InChI=1S/C55H36N2O/c1-2-15-39(16-3-1)56(40-33-29-37(30-34-40)38-31-35-41(36-32-38)57-49-24-10-12-27-52(49)58-53-28-13-11-25-50(53)57)51-26-14-23-48-54(51)44-19-6-9-22-47(44)55(48)45-20-7-4-17-42(45)43-18-5-8-21-46(43)55/h1-36H. The first kappa shape index (κ1) is 32.6. The highest BCUT2D eigenvalue weighted by atomic mass is 16.5. The zero-order valence-electron chi connectivity index (χ0n) is 31.6. The molecular formula is C55H36N2O. The van der Waals surface area contributed by atoms with Crippen LogP contribution in [-0.4, -0.2) is 0 Å². The van der Waals surface area contributed by atoms with Gasteiger partial charge in [0.1, 0.15) is 0 Å². The van der Waals surface area contributed by atoms with Gasteiger partial charge in [0.2, 0.25) is 0 Å². The number of hydrogen-bond donors (Lipinski definition) is 0. The fraction of sp³-hybridized carbons (Fsp3) is 0.0182. The smallest absolute Gasteiger partial charge is 0.151 e. The van der Waals surface area contributed by atoms with Gasteiger partial charge >= 0.3 is 0 Å². The van der Waals surface area contributed by atoms with Crippen molar-refractivity contribution in [2.45, 2.75) is 5.41 Å². The van der Waals surface area contributed by atoms with Gasteiger partial charge in [-0.2, -0.15) is 0 Å². The summed E-state index contributed by atoms with van der Waals surface area (Å²) in [6.07, 6.45) is 0. The van der Waals surface area contributed by atoms with Crippen LogP contribution < -0.4 is 14.5 Å². The van der Waals surface area contributed by atoms with Crippen LogP contribution in [0.5, 0.6) is 11.5 Å². The fourth-order valence-corrected chi connectivity index (χ4v) is 9.90. The van der Waals surface area contributed by atoms with Crippen LogP contribution >= 0.6 is 0 Å². The maximum Gasteiger partial charge on any atom is 0.151 e. The molecule has 0 saturated heterocycles. The minimum absolute atomic E-state index is 0.404. The number of hydrogen-bond acceptors (Lipinski definition) is 3. The summed E-state index contributed by atoms with van der Waals surface area (Å²) in [5, 5.41) is 0. The zero-order chi connectivity index (χ0) is 38.2. The van der Waals surface area contributed by atoms with E-state index in [0.717, 1.165) is 56.8 Å². The molecule has 0 atom stereocenters. The zero-order valence-corrected chi connectivity index (χ0v) is 31.6. The van der Waals surface area contributed by atoms with Gasteiger partial charge in [0.15, 0.2) is 11.5 Å². The molecule has 1 heterocycles. The lowest BCUT2D eigenvalue weighted by Gasteiger charge is -2.32. The Hall–Kier alpha value is -7.62. The van der Waals surface area contributed by atoms with E-state index in [0.29, 0.717) is 0 Å². The summed E-state index contributed by atoms with van der Waals surface area (Å²) < 4.78 is 6.27. The Morgan fingerprint density at radius 3 is 1.45 bits per heavy atom. The second-order valence-electron chi connectivity index (χ2n) is 15.2. The van der Waals surface area contributed by atoms with Crippen molar-refractivity contribution in [3.05, 3.63) is 241 Å². The van der Waals surface area contributed by atoms with Crippen molar-refractivity contribution in [1.29, 1.82) is 0 Å². The lowest BCUT2D eigenvalue weighted by atomic mass is 9.70. The summed E-state index contributed by atoms with van der Waals surface area (Å²) >= 11 is 0. The number of para-hydroxylation sites is 5. The van der Waals surface area contributed by atoms with Crippen molar-refractivity contribution in [2.24, 2.45) is 0 Å². The highest BCUT2D eigenvalue weighted by molar-refractivity contribution is 6.01. The third-order valence-electron chi connectivity index (χ3n) is 12.3. The molecule has 0 bridgehead atoms. The molecular weight excluding hydrogens is 705 g/mol. The average Bonchev–Trinajstić information content (AvgIpc) is 3.77. The van der Waals surface area contributed by atoms with Crippen LogP contribution in [0.25, 0.3) is 33.4 Å². The van der Waals surface area contributed by atoms with Gasteiger partial charge in [0, 0.05) is 22.6 Å². The number of nitrogens with zero attached hydrogens (tertiary/aromatic N) is 2. The number of benzene rings is 9. The van der Waals surface area contributed by atoms with Crippen molar-refractivity contribution in [1.82, 2.24) is 0 Å². The summed E-state index contributed by atoms with van der Waals surface area (Å²) in [5.74, 6) is 1.70. The summed E-state index contributed by atoms with van der Waals surface area (Å²) in [7, 11) is 0. The lowest BCUT2D eigenvalue weighted by Crippen LogP contribution is -2.26. The molecule has 0 unspecified atom stereocenters. The monoisotopic (exact) mass is 740 g/mol. The summed E-state index contributed by atoms with van der Waals surface area (Å²) in [4.78, 5) is 4.71.